The minimum Gasteiger partial charge on any atom is -0.454 e. The van der Waals surface area contributed by atoms with Gasteiger partial charge < -0.3 is 19.3 Å². The second-order valence-electron chi connectivity index (χ2n) is 7.33. The number of nitrogens with zero attached hydrogens (tertiary/aromatic N) is 2. The first-order valence-corrected chi connectivity index (χ1v) is 11.0. The number of fused-ring (bicyclic) bond motifs is 1. The predicted molar refractivity (Wildman–Crippen MR) is 111 cm³/mol. The zero-order chi connectivity index (χ0) is 20.4. The third-order valence-corrected chi connectivity index (χ3v) is 6.05. The molecule has 2 aliphatic rings. The highest BCUT2D eigenvalue weighted by Gasteiger charge is 2.36. The van der Waals surface area contributed by atoms with Gasteiger partial charge in [-0.1, -0.05) is 12.1 Å². The van der Waals surface area contributed by atoms with Crippen molar-refractivity contribution in [3.63, 3.8) is 0 Å². The summed E-state index contributed by atoms with van der Waals surface area (Å²) in [5.74, 6) is 1.14. The van der Waals surface area contributed by atoms with Crippen LogP contribution in [0.2, 0.25) is 0 Å². The molecular formula is C21H23ClN2O4S. The number of benzene rings is 1. The Kier molecular flexibility index (Phi) is 5.96. The van der Waals surface area contributed by atoms with Gasteiger partial charge in [0.05, 0.1) is 6.54 Å². The second-order valence-corrected chi connectivity index (χ2v) is 9.02. The van der Waals surface area contributed by atoms with Crippen LogP contribution in [-0.4, -0.2) is 46.4 Å². The summed E-state index contributed by atoms with van der Waals surface area (Å²) in [6, 6.07) is 9.81. The number of carbonyl (C=O) groups excluding carboxylic acids is 2. The number of rotatable bonds is 8. The van der Waals surface area contributed by atoms with Crippen LogP contribution in [0.25, 0.3) is 0 Å². The highest BCUT2D eigenvalue weighted by molar-refractivity contribution is 7.09. The van der Waals surface area contributed by atoms with Crippen molar-refractivity contribution >= 4 is 34.8 Å². The summed E-state index contributed by atoms with van der Waals surface area (Å²) in [4.78, 5) is 30.2. The highest BCUT2D eigenvalue weighted by Crippen LogP contribution is 2.33. The topological polar surface area (TPSA) is 59.1 Å². The van der Waals surface area contributed by atoms with E-state index in [0.717, 1.165) is 23.3 Å². The van der Waals surface area contributed by atoms with Gasteiger partial charge in [0.2, 0.25) is 18.6 Å². The molecule has 29 heavy (non-hydrogen) atoms. The number of carbonyl (C=O) groups is 2. The van der Waals surface area contributed by atoms with Crippen LogP contribution >= 0.6 is 22.9 Å². The number of hydrogen-bond acceptors (Lipinski definition) is 5. The molecule has 4 rings (SSSR count). The van der Waals surface area contributed by atoms with Gasteiger partial charge in [-0.25, -0.2) is 0 Å². The molecule has 2 aromatic rings. The molecule has 1 saturated carbocycles. The molecule has 1 aliphatic carbocycles. The fourth-order valence-electron chi connectivity index (χ4n) is 3.33. The molecule has 1 aromatic heterocycles. The van der Waals surface area contributed by atoms with Gasteiger partial charge in [0, 0.05) is 17.5 Å². The van der Waals surface area contributed by atoms with Gasteiger partial charge in [0.1, 0.15) is 11.9 Å². The maximum absolute atomic E-state index is 13.2. The van der Waals surface area contributed by atoms with Gasteiger partial charge in [-0.05, 0) is 48.9 Å². The lowest BCUT2D eigenvalue weighted by atomic mass is 10.2. The lowest BCUT2D eigenvalue weighted by Gasteiger charge is -2.28. The maximum Gasteiger partial charge on any atom is 0.242 e. The molecule has 1 fully saturated rings. The molecule has 0 N–H and O–H groups in total. The van der Waals surface area contributed by atoms with Crippen molar-refractivity contribution < 1.29 is 19.1 Å². The second kappa shape index (κ2) is 8.63. The van der Waals surface area contributed by atoms with Crippen molar-refractivity contribution in [3.8, 4) is 11.5 Å². The van der Waals surface area contributed by atoms with E-state index < -0.39 is 5.38 Å². The number of alkyl halides is 1. The van der Waals surface area contributed by atoms with E-state index in [2.05, 4.69) is 0 Å². The molecule has 6 nitrogen and oxygen atoms in total. The molecule has 2 heterocycles. The quantitative estimate of drug-likeness (QED) is 0.595. The van der Waals surface area contributed by atoms with Crippen LogP contribution in [0.3, 0.4) is 0 Å². The third-order valence-electron chi connectivity index (χ3n) is 5.01. The lowest BCUT2D eigenvalue weighted by molar-refractivity contribution is -0.141. The fraction of sp³-hybridized carbons (Fsp3) is 0.429. The summed E-state index contributed by atoms with van der Waals surface area (Å²) in [7, 11) is 0. The van der Waals surface area contributed by atoms with E-state index in [1.165, 1.54) is 0 Å². The molecule has 0 radical (unpaired) electrons. The third kappa shape index (κ3) is 4.85. The molecule has 0 saturated heterocycles. The Morgan fingerprint density at radius 3 is 2.69 bits per heavy atom. The van der Waals surface area contributed by atoms with Crippen molar-refractivity contribution in [2.45, 2.75) is 44.3 Å². The average molecular weight is 435 g/mol. The highest BCUT2D eigenvalue weighted by atomic mass is 35.5. The molecule has 1 atom stereocenters. The van der Waals surface area contributed by atoms with Crippen molar-refractivity contribution in [1.29, 1.82) is 0 Å². The van der Waals surface area contributed by atoms with Crippen LogP contribution < -0.4 is 9.47 Å². The van der Waals surface area contributed by atoms with Crippen molar-refractivity contribution in [1.82, 2.24) is 9.80 Å². The Morgan fingerprint density at radius 1 is 1.21 bits per heavy atom. The van der Waals surface area contributed by atoms with Gasteiger partial charge >= 0.3 is 0 Å². The van der Waals surface area contributed by atoms with E-state index in [9.17, 15) is 9.59 Å². The van der Waals surface area contributed by atoms with Crippen molar-refractivity contribution in [2.24, 2.45) is 0 Å². The van der Waals surface area contributed by atoms with Gasteiger partial charge in [-0.3, -0.25) is 9.59 Å². The smallest absolute Gasteiger partial charge is 0.242 e. The first-order chi connectivity index (χ1) is 14.0. The maximum atomic E-state index is 13.2. The number of ether oxygens (including phenoxy) is 2. The molecule has 0 spiro atoms. The normalized spacial score (nSPS) is 15.8. The number of amides is 2. The molecule has 1 aromatic carbocycles. The molecule has 2 amide bonds. The van der Waals surface area contributed by atoms with Crippen molar-refractivity contribution in [2.75, 3.05) is 13.3 Å². The van der Waals surface area contributed by atoms with Crippen LogP contribution in [0.1, 0.15) is 30.2 Å². The Hall–Kier alpha value is -2.25. The van der Waals surface area contributed by atoms with Gasteiger partial charge in [0.15, 0.2) is 11.5 Å². The average Bonchev–Trinajstić information content (AvgIpc) is 3.21. The first-order valence-electron chi connectivity index (χ1n) is 9.64. The van der Waals surface area contributed by atoms with Crippen LogP contribution in [0.4, 0.5) is 0 Å². The SMILES string of the molecule is CC(Cl)C(=O)N(CC(=O)N(Cc1ccc2c(c1)OCO2)Cc1cccs1)C1CC1. The summed E-state index contributed by atoms with van der Waals surface area (Å²) >= 11 is 7.62. The minimum atomic E-state index is -0.636. The summed E-state index contributed by atoms with van der Waals surface area (Å²) in [5, 5.41) is 1.36. The summed E-state index contributed by atoms with van der Waals surface area (Å²) in [6.07, 6.45) is 1.85. The largest absolute Gasteiger partial charge is 0.454 e. The van der Waals surface area contributed by atoms with Crippen LogP contribution in [-0.2, 0) is 22.7 Å². The van der Waals surface area contributed by atoms with Crippen LogP contribution in [0.5, 0.6) is 11.5 Å². The van der Waals surface area contributed by atoms with Gasteiger partial charge in [-0.15, -0.1) is 22.9 Å². The Balaban J connectivity index is 1.51. The minimum absolute atomic E-state index is 0.0521. The van der Waals surface area contributed by atoms with E-state index in [4.69, 9.17) is 21.1 Å². The van der Waals surface area contributed by atoms with Gasteiger partial charge in [-0.2, -0.15) is 0 Å². The van der Waals surface area contributed by atoms with Gasteiger partial charge in [0.25, 0.3) is 0 Å². The zero-order valence-electron chi connectivity index (χ0n) is 16.2. The standard InChI is InChI=1S/C21H23ClN2O4S/c1-14(22)21(26)24(16-5-6-16)12-20(25)23(11-17-3-2-8-29-17)10-15-4-7-18-19(9-15)28-13-27-18/h2-4,7-9,14,16H,5-6,10-13H2,1H3. The Labute approximate surface area is 179 Å². The van der Waals surface area contributed by atoms with Crippen LogP contribution in [0, 0.1) is 0 Å². The Bertz CT molecular complexity index is 883. The molecule has 154 valence electrons. The van der Waals surface area contributed by atoms with E-state index in [0.29, 0.717) is 24.6 Å². The molecule has 8 heteroatoms. The van der Waals surface area contributed by atoms with Crippen LogP contribution in [0.15, 0.2) is 35.7 Å². The summed E-state index contributed by atoms with van der Waals surface area (Å²) in [5.41, 5.74) is 0.953. The van der Waals surface area contributed by atoms with E-state index >= 15 is 0 Å². The molecule has 0 bridgehead atoms. The predicted octanol–water partition coefficient (Wildman–Crippen LogP) is 3.62. The Morgan fingerprint density at radius 2 is 2.00 bits per heavy atom. The first kappa shape index (κ1) is 20.0. The molecular weight excluding hydrogens is 412 g/mol. The number of hydrogen-bond donors (Lipinski definition) is 0. The number of halogens is 1. The lowest BCUT2D eigenvalue weighted by Crippen LogP contribution is -2.45. The van der Waals surface area contributed by atoms with E-state index in [1.807, 2.05) is 35.7 Å². The van der Waals surface area contributed by atoms with Crippen molar-refractivity contribution in [3.05, 3.63) is 46.2 Å². The summed E-state index contributed by atoms with van der Waals surface area (Å²) < 4.78 is 10.8. The molecule has 1 unspecified atom stereocenters. The van der Waals surface area contributed by atoms with E-state index in [1.54, 1.807) is 28.1 Å². The molecule has 1 aliphatic heterocycles. The number of thiophene rings is 1. The monoisotopic (exact) mass is 434 g/mol. The van der Waals surface area contributed by atoms with E-state index in [-0.39, 0.29) is 31.2 Å². The zero-order valence-corrected chi connectivity index (χ0v) is 17.7. The fourth-order valence-corrected chi connectivity index (χ4v) is 4.17. The summed E-state index contributed by atoms with van der Waals surface area (Å²) in [6.45, 7) is 2.84.